The number of amides is 1. The van der Waals surface area contributed by atoms with E-state index in [1.165, 1.54) is 18.9 Å². The predicted molar refractivity (Wildman–Crippen MR) is 85.1 cm³/mol. The highest BCUT2D eigenvalue weighted by Gasteiger charge is 2.14. The summed E-state index contributed by atoms with van der Waals surface area (Å²) >= 11 is 3.45. The third-order valence-electron chi connectivity index (χ3n) is 2.18. The Morgan fingerprint density at radius 2 is 2.16 bits per heavy atom. The van der Waals surface area contributed by atoms with Crippen molar-refractivity contribution in [3.8, 4) is 0 Å². The molecular weight excluding hydrogens is 379 g/mol. The highest BCUT2D eigenvalue weighted by atomic mass is 127. The number of nitrogens with two attached hydrogens (primary N) is 1. The van der Waals surface area contributed by atoms with Gasteiger partial charge in [0.1, 0.15) is 6.04 Å². The fourth-order valence-corrected chi connectivity index (χ4v) is 2.53. The molecule has 0 heterocycles. The number of halogens is 1. The van der Waals surface area contributed by atoms with Crippen molar-refractivity contribution in [1.82, 2.24) is 0 Å². The average molecular weight is 394 g/mol. The number of anilines is 1. The van der Waals surface area contributed by atoms with E-state index in [0.29, 0.717) is 5.75 Å². The number of carbonyl (C=O) groups excluding carboxylic acids is 2. The molecule has 0 radical (unpaired) electrons. The quantitative estimate of drug-likeness (QED) is 0.564. The fourth-order valence-electron chi connectivity index (χ4n) is 1.25. The zero-order valence-electron chi connectivity index (χ0n) is 10.4. The summed E-state index contributed by atoms with van der Waals surface area (Å²) < 4.78 is 5.48. The van der Waals surface area contributed by atoms with E-state index >= 15 is 0 Å². The molecule has 5 nitrogen and oxygen atoms in total. The Morgan fingerprint density at radius 1 is 1.47 bits per heavy atom. The molecule has 1 atom stereocenters. The summed E-state index contributed by atoms with van der Waals surface area (Å²) in [6.45, 7) is 0. The Bertz CT molecular complexity index is 456. The highest BCUT2D eigenvalue weighted by Crippen LogP contribution is 2.17. The van der Waals surface area contributed by atoms with Crippen LogP contribution >= 0.6 is 34.4 Å². The van der Waals surface area contributed by atoms with Crippen LogP contribution in [0.3, 0.4) is 0 Å². The molecule has 0 aliphatic carbocycles. The summed E-state index contributed by atoms with van der Waals surface area (Å²) in [6, 6.07) is 6.82. The molecule has 0 bridgehead atoms. The standard InChI is InChI=1S/C12H15IN2O3S/c1-18-12(17)9(14)6-19-7-11(16)15-10-5-3-2-4-8(10)13/h2-5,9H,6-7,14H2,1H3,(H,15,16). The molecule has 0 aromatic heterocycles. The molecule has 7 heteroatoms. The molecule has 0 aliphatic heterocycles. The number of nitrogens with one attached hydrogen (secondary N) is 1. The summed E-state index contributed by atoms with van der Waals surface area (Å²) in [5, 5.41) is 2.80. The van der Waals surface area contributed by atoms with Crippen LogP contribution in [0.15, 0.2) is 24.3 Å². The van der Waals surface area contributed by atoms with Crippen molar-refractivity contribution >= 4 is 51.9 Å². The number of hydrogen-bond acceptors (Lipinski definition) is 5. The Balaban J connectivity index is 2.33. The minimum absolute atomic E-state index is 0.119. The Morgan fingerprint density at radius 3 is 2.79 bits per heavy atom. The maximum atomic E-state index is 11.7. The lowest BCUT2D eigenvalue weighted by Gasteiger charge is -2.09. The lowest BCUT2D eigenvalue weighted by Crippen LogP contribution is -2.34. The molecule has 0 fully saturated rings. The summed E-state index contributed by atoms with van der Waals surface area (Å²) in [6.07, 6.45) is 0. The second kappa shape index (κ2) is 8.39. The lowest BCUT2D eigenvalue weighted by molar-refractivity contribution is -0.141. The number of esters is 1. The normalized spacial score (nSPS) is 11.7. The first-order valence-electron chi connectivity index (χ1n) is 5.50. The topological polar surface area (TPSA) is 81.4 Å². The number of methoxy groups -OCH3 is 1. The number of carbonyl (C=O) groups is 2. The minimum Gasteiger partial charge on any atom is -0.468 e. The van der Waals surface area contributed by atoms with Crippen molar-refractivity contribution in [2.75, 3.05) is 23.9 Å². The van der Waals surface area contributed by atoms with Crippen LogP contribution in [0.25, 0.3) is 0 Å². The van der Waals surface area contributed by atoms with Crippen LogP contribution in [0.2, 0.25) is 0 Å². The van der Waals surface area contributed by atoms with Crippen molar-refractivity contribution in [3.05, 3.63) is 27.8 Å². The largest absolute Gasteiger partial charge is 0.468 e. The van der Waals surface area contributed by atoms with E-state index in [9.17, 15) is 9.59 Å². The van der Waals surface area contributed by atoms with Gasteiger partial charge in [0.25, 0.3) is 0 Å². The second-order valence-electron chi connectivity index (χ2n) is 3.67. The van der Waals surface area contributed by atoms with Crippen LogP contribution in [0.1, 0.15) is 0 Å². The molecule has 104 valence electrons. The van der Waals surface area contributed by atoms with Crippen LogP contribution in [-0.4, -0.2) is 36.5 Å². The predicted octanol–water partition coefficient (Wildman–Crippen LogP) is 1.46. The summed E-state index contributed by atoms with van der Waals surface area (Å²) in [7, 11) is 1.29. The summed E-state index contributed by atoms with van der Waals surface area (Å²) in [5.74, 6) is 0.0125. The van der Waals surface area contributed by atoms with Gasteiger partial charge >= 0.3 is 5.97 Å². The van der Waals surface area contributed by atoms with Crippen LogP contribution in [0.4, 0.5) is 5.69 Å². The molecule has 0 saturated heterocycles. The molecule has 19 heavy (non-hydrogen) atoms. The van der Waals surface area contributed by atoms with E-state index in [2.05, 4.69) is 32.6 Å². The molecule has 1 rings (SSSR count). The van der Waals surface area contributed by atoms with Gasteiger partial charge in [-0.1, -0.05) is 12.1 Å². The first kappa shape index (κ1) is 16.3. The highest BCUT2D eigenvalue weighted by molar-refractivity contribution is 14.1. The van der Waals surface area contributed by atoms with Gasteiger partial charge in [-0.25, -0.2) is 0 Å². The third-order valence-corrected chi connectivity index (χ3v) is 4.18. The van der Waals surface area contributed by atoms with E-state index in [1.807, 2.05) is 24.3 Å². The van der Waals surface area contributed by atoms with E-state index < -0.39 is 12.0 Å². The second-order valence-corrected chi connectivity index (χ2v) is 5.87. The van der Waals surface area contributed by atoms with Crippen molar-refractivity contribution in [2.24, 2.45) is 5.73 Å². The molecule has 1 aromatic rings. The molecule has 3 N–H and O–H groups in total. The van der Waals surface area contributed by atoms with Crippen LogP contribution in [-0.2, 0) is 14.3 Å². The maximum absolute atomic E-state index is 11.7. The number of para-hydroxylation sites is 1. The number of benzene rings is 1. The number of thioether (sulfide) groups is 1. The average Bonchev–Trinajstić information content (AvgIpc) is 2.40. The Hall–Kier alpha value is -0.800. The van der Waals surface area contributed by atoms with Gasteiger partial charge in [-0.05, 0) is 34.7 Å². The van der Waals surface area contributed by atoms with Gasteiger partial charge in [0.15, 0.2) is 0 Å². The number of rotatable bonds is 6. The third kappa shape index (κ3) is 5.79. The van der Waals surface area contributed by atoms with E-state index in [-0.39, 0.29) is 11.7 Å². The number of ether oxygens (including phenoxy) is 1. The van der Waals surface area contributed by atoms with E-state index in [4.69, 9.17) is 5.73 Å². The molecule has 1 unspecified atom stereocenters. The van der Waals surface area contributed by atoms with Crippen molar-refractivity contribution < 1.29 is 14.3 Å². The molecule has 1 aromatic carbocycles. The first-order valence-corrected chi connectivity index (χ1v) is 7.73. The Labute approximate surface area is 129 Å². The minimum atomic E-state index is -0.695. The summed E-state index contributed by atoms with van der Waals surface area (Å²) in [4.78, 5) is 22.8. The molecule has 0 aliphatic rings. The molecule has 1 amide bonds. The molecular formula is C12H15IN2O3S. The van der Waals surface area contributed by atoms with Crippen LogP contribution < -0.4 is 11.1 Å². The van der Waals surface area contributed by atoms with Gasteiger partial charge in [-0.2, -0.15) is 0 Å². The molecule has 0 saturated carbocycles. The molecule has 0 spiro atoms. The van der Waals surface area contributed by atoms with Gasteiger partial charge in [0, 0.05) is 9.32 Å². The smallest absolute Gasteiger partial charge is 0.323 e. The van der Waals surface area contributed by atoms with E-state index in [0.717, 1.165) is 9.26 Å². The van der Waals surface area contributed by atoms with Gasteiger partial charge in [0.2, 0.25) is 5.91 Å². The van der Waals surface area contributed by atoms with Crippen molar-refractivity contribution in [3.63, 3.8) is 0 Å². The summed E-state index contributed by atoms with van der Waals surface area (Å²) in [5.41, 5.74) is 6.35. The monoisotopic (exact) mass is 394 g/mol. The van der Waals surface area contributed by atoms with Gasteiger partial charge in [-0.3, -0.25) is 9.59 Å². The SMILES string of the molecule is COC(=O)C(N)CSCC(=O)Nc1ccccc1I. The van der Waals surface area contributed by atoms with Gasteiger partial charge in [0.05, 0.1) is 18.6 Å². The van der Waals surface area contributed by atoms with Crippen LogP contribution in [0.5, 0.6) is 0 Å². The first-order chi connectivity index (χ1) is 9.04. The van der Waals surface area contributed by atoms with E-state index in [1.54, 1.807) is 0 Å². The zero-order valence-corrected chi connectivity index (χ0v) is 13.4. The maximum Gasteiger partial charge on any atom is 0.323 e. The van der Waals surface area contributed by atoms with Gasteiger partial charge < -0.3 is 15.8 Å². The Kier molecular flexibility index (Phi) is 7.17. The fraction of sp³-hybridized carbons (Fsp3) is 0.333. The van der Waals surface area contributed by atoms with Crippen molar-refractivity contribution in [2.45, 2.75) is 6.04 Å². The van der Waals surface area contributed by atoms with Gasteiger partial charge in [-0.15, -0.1) is 11.8 Å². The van der Waals surface area contributed by atoms with Crippen molar-refractivity contribution in [1.29, 1.82) is 0 Å². The lowest BCUT2D eigenvalue weighted by atomic mass is 10.3. The van der Waals surface area contributed by atoms with Crippen LogP contribution in [0, 0.1) is 3.57 Å². The zero-order chi connectivity index (χ0) is 14.3. The number of hydrogen-bond donors (Lipinski definition) is 2.